The van der Waals surface area contributed by atoms with E-state index in [2.05, 4.69) is 16.4 Å². The van der Waals surface area contributed by atoms with E-state index in [4.69, 9.17) is 4.74 Å². The van der Waals surface area contributed by atoms with Gasteiger partial charge in [-0.2, -0.15) is 0 Å². The number of pyridine rings is 1. The molecule has 0 radical (unpaired) electrons. The van der Waals surface area contributed by atoms with Crippen LogP contribution in [0.2, 0.25) is 0 Å². The van der Waals surface area contributed by atoms with Crippen molar-refractivity contribution in [1.29, 1.82) is 0 Å². The number of nitrogens with one attached hydrogen (secondary N) is 1. The Bertz CT molecular complexity index is 821. The molecule has 4 nitrogen and oxygen atoms in total. The van der Waals surface area contributed by atoms with Crippen LogP contribution in [0.25, 0.3) is 10.1 Å². The van der Waals surface area contributed by atoms with Crippen molar-refractivity contribution < 1.29 is 9.53 Å². The molecular weight excluding hydrogens is 332 g/mol. The third-order valence-electron chi connectivity index (χ3n) is 4.58. The Morgan fingerprint density at radius 3 is 2.64 bits per heavy atom. The summed E-state index contributed by atoms with van der Waals surface area (Å²) in [6, 6.07) is 16.0. The van der Waals surface area contributed by atoms with E-state index in [1.807, 2.05) is 42.5 Å². The monoisotopic (exact) mass is 352 g/mol. The van der Waals surface area contributed by atoms with Gasteiger partial charge in [0.1, 0.15) is 6.10 Å². The summed E-state index contributed by atoms with van der Waals surface area (Å²) in [5.41, 5.74) is 0. The van der Waals surface area contributed by atoms with Gasteiger partial charge >= 0.3 is 0 Å². The molecule has 2 aromatic heterocycles. The molecule has 1 N–H and O–H groups in total. The van der Waals surface area contributed by atoms with Gasteiger partial charge in [-0.1, -0.05) is 24.3 Å². The molecule has 0 saturated heterocycles. The molecule has 1 aliphatic carbocycles. The van der Waals surface area contributed by atoms with Gasteiger partial charge in [0, 0.05) is 23.0 Å². The molecule has 0 aliphatic heterocycles. The SMILES string of the molecule is O=C(NC1CCC(Oc2ccccn2)CC1)c1cc2ccccc2s1. The number of hydrogen-bond donors (Lipinski definition) is 1. The number of carbonyl (C=O) groups excluding carboxylic acids is 1. The number of aromatic nitrogens is 1. The number of thiophene rings is 1. The van der Waals surface area contributed by atoms with E-state index in [0.29, 0.717) is 5.88 Å². The molecule has 2 heterocycles. The molecule has 0 atom stereocenters. The smallest absolute Gasteiger partial charge is 0.261 e. The highest BCUT2D eigenvalue weighted by Crippen LogP contribution is 2.27. The van der Waals surface area contributed by atoms with Crippen molar-refractivity contribution in [3.63, 3.8) is 0 Å². The number of amides is 1. The first-order chi connectivity index (χ1) is 12.3. The van der Waals surface area contributed by atoms with Crippen LogP contribution in [0.4, 0.5) is 0 Å². The summed E-state index contributed by atoms with van der Waals surface area (Å²) >= 11 is 1.55. The van der Waals surface area contributed by atoms with Crippen molar-refractivity contribution in [2.45, 2.75) is 37.8 Å². The van der Waals surface area contributed by atoms with Crippen LogP contribution in [0, 0.1) is 0 Å². The van der Waals surface area contributed by atoms with Crippen LogP contribution in [0.1, 0.15) is 35.4 Å². The first-order valence-electron chi connectivity index (χ1n) is 8.65. The van der Waals surface area contributed by atoms with Crippen molar-refractivity contribution in [2.24, 2.45) is 0 Å². The minimum absolute atomic E-state index is 0.0373. The standard InChI is InChI=1S/C20H20N2O2S/c23-20(18-13-14-5-1-2-6-17(14)25-18)22-15-8-10-16(11-9-15)24-19-7-3-4-12-21-19/h1-7,12-13,15-16H,8-11H2,(H,22,23). The largest absolute Gasteiger partial charge is 0.474 e. The lowest BCUT2D eigenvalue weighted by molar-refractivity contribution is 0.0894. The van der Waals surface area contributed by atoms with Gasteiger partial charge in [0.15, 0.2) is 0 Å². The third kappa shape index (κ3) is 3.82. The van der Waals surface area contributed by atoms with Crippen LogP contribution in [0.15, 0.2) is 54.7 Å². The van der Waals surface area contributed by atoms with E-state index in [9.17, 15) is 4.79 Å². The fourth-order valence-electron chi connectivity index (χ4n) is 3.26. The van der Waals surface area contributed by atoms with Crippen LogP contribution < -0.4 is 10.1 Å². The summed E-state index contributed by atoms with van der Waals surface area (Å²) in [6.45, 7) is 0. The second-order valence-corrected chi connectivity index (χ2v) is 7.47. The average molecular weight is 352 g/mol. The van der Waals surface area contributed by atoms with Crippen molar-refractivity contribution in [3.05, 3.63) is 59.6 Å². The number of hydrogen-bond acceptors (Lipinski definition) is 4. The van der Waals surface area contributed by atoms with Gasteiger partial charge < -0.3 is 10.1 Å². The second-order valence-electron chi connectivity index (χ2n) is 6.38. The molecule has 0 unspecified atom stereocenters. The Balaban J connectivity index is 1.31. The summed E-state index contributed by atoms with van der Waals surface area (Å²) in [7, 11) is 0. The lowest BCUT2D eigenvalue weighted by Crippen LogP contribution is -2.39. The normalized spacial score (nSPS) is 20.3. The molecule has 1 fully saturated rings. The first-order valence-corrected chi connectivity index (χ1v) is 9.47. The van der Waals surface area contributed by atoms with E-state index in [1.54, 1.807) is 17.5 Å². The predicted octanol–water partition coefficient (Wildman–Crippen LogP) is 4.42. The zero-order valence-electron chi connectivity index (χ0n) is 13.9. The van der Waals surface area contributed by atoms with Gasteiger partial charge in [-0.3, -0.25) is 4.79 Å². The van der Waals surface area contributed by atoms with E-state index in [1.165, 1.54) is 0 Å². The van der Waals surface area contributed by atoms with Crippen LogP contribution in [0.3, 0.4) is 0 Å². The number of ether oxygens (including phenoxy) is 1. The number of fused-ring (bicyclic) bond motifs is 1. The van der Waals surface area contributed by atoms with Crippen molar-refractivity contribution in [2.75, 3.05) is 0 Å². The van der Waals surface area contributed by atoms with E-state index >= 15 is 0 Å². The van der Waals surface area contributed by atoms with E-state index < -0.39 is 0 Å². The Labute approximate surface area is 150 Å². The minimum Gasteiger partial charge on any atom is -0.474 e. The first kappa shape index (κ1) is 16.1. The highest BCUT2D eigenvalue weighted by atomic mass is 32.1. The Morgan fingerprint density at radius 2 is 1.88 bits per heavy atom. The third-order valence-corrected chi connectivity index (χ3v) is 5.70. The molecule has 0 spiro atoms. The molecule has 25 heavy (non-hydrogen) atoms. The number of rotatable bonds is 4. The van der Waals surface area contributed by atoms with Gasteiger partial charge in [-0.05, 0) is 49.3 Å². The molecule has 128 valence electrons. The zero-order valence-corrected chi connectivity index (χ0v) is 14.7. The summed E-state index contributed by atoms with van der Waals surface area (Å²) in [5.74, 6) is 0.718. The molecule has 1 aliphatic rings. The second kappa shape index (κ2) is 7.23. The Morgan fingerprint density at radius 1 is 1.08 bits per heavy atom. The quantitative estimate of drug-likeness (QED) is 0.756. The highest BCUT2D eigenvalue weighted by Gasteiger charge is 2.24. The van der Waals surface area contributed by atoms with Crippen molar-refractivity contribution in [3.8, 4) is 5.88 Å². The topological polar surface area (TPSA) is 51.2 Å². The molecule has 1 aromatic carbocycles. The fraction of sp³-hybridized carbons (Fsp3) is 0.300. The molecule has 1 amide bonds. The maximum absolute atomic E-state index is 12.5. The van der Waals surface area contributed by atoms with Crippen molar-refractivity contribution in [1.82, 2.24) is 10.3 Å². The molecular formula is C20H20N2O2S. The van der Waals surface area contributed by atoms with Crippen molar-refractivity contribution >= 4 is 27.3 Å². The number of nitrogens with zero attached hydrogens (tertiary/aromatic N) is 1. The van der Waals surface area contributed by atoms with Crippen LogP contribution >= 0.6 is 11.3 Å². The summed E-state index contributed by atoms with van der Waals surface area (Å²) in [6.07, 6.45) is 5.68. The summed E-state index contributed by atoms with van der Waals surface area (Å²) in [4.78, 5) is 17.5. The molecule has 0 bridgehead atoms. The van der Waals surface area contributed by atoms with E-state index in [0.717, 1.165) is 40.6 Å². The molecule has 5 heteroatoms. The van der Waals surface area contributed by atoms with Gasteiger partial charge in [-0.15, -0.1) is 11.3 Å². The van der Waals surface area contributed by atoms with Gasteiger partial charge in [0.2, 0.25) is 5.88 Å². The molecule has 4 rings (SSSR count). The molecule has 1 saturated carbocycles. The van der Waals surface area contributed by atoms with Crippen LogP contribution in [-0.2, 0) is 0 Å². The zero-order chi connectivity index (χ0) is 17.1. The van der Waals surface area contributed by atoms with Gasteiger partial charge in [0.05, 0.1) is 4.88 Å². The number of benzene rings is 1. The fourth-order valence-corrected chi connectivity index (χ4v) is 4.23. The number of carbonyl (C=O) groups is 1. The minimum atomic E-state index is 0.0373. The Kier molecular flexibility index (Phi) is 4.65. The summed E-state index contributed by atoms with van der Waals surface area (Å²) in [5, 5.41) is 4.31. The van der Waals surface area contributed by atoms with Crippen LogP contribution in [-0.4, -0.2) is 23.0 Å². The highest BCUT2D eigenvalue weighted by molar-refractivity contribution is 7.20. The average Bonchev–Trinajstić information content (AvgIpc) is 3.09. The lowest BCUT2D eigenvalue weighted by atomic mass is 9.93. The Hall–Kier alpha value is -2.40. The van der Waals surface area contributed by atoms with Crippen LogP contribution in [0.5, 0.6) is 5.88 Å². The van der Waals surface area contributed by atoms with E-state index in [-0.39, 0.29) is 18.1 Å². The summed E-state index contributed by atoms with van der Waals surface area (Å²) < 4.78 is 7.06. The lowest BCUT2D eigenvalue weighted by Gasteiger charge is -2.29. The maximum Gasteiger partial charge on any atom is 0.261 e. The van der Waals surface area contributed by atoms with Gasteiger partial charge in [-0.25, -0.2) is 4.98 Å². The van der Waals surface area contributed by atoms with Gasteiger partial charge in [0.25, 0.3) is 5.91 Å². The molecule has 3 aromatic rings. The maximum atomic E-state index is 12.5. The predicted molar refractivity (Wildman–Crippen MR) is 100 cm³/mol.